The molecule has 126 valence electrons. The largest absolute Gasteiger partial charge is 0.495 e. The maximum Gasteiger partial charge on any atom is 0.228 e. The minimum atomic E-state index is -0.307. The number of halogens is 1. The summed E-state index contributed by atoms with van der Waals surface area (Å²) in [7, 11) is 2.99. The summed E-state index contributed by atoms with van der Waals surface area (Å²) in [5, 5.41) is 5.99. The molecule has 23 heavy (non-hydrogen) atoms. The van der Waals surface area contributed by atoms with E-state index >= 15 is 0 Å². The fourth-order valence-electron chi connectivity index (χ4n) is 2.34. The molecule has 6 nitrogen and oxygen atoms in total. The Morgan fingerprint density at radius 2 is 1.83 bits per heavy atom. The van der Waals surface area contributed by atoms with Crippen molar-refractivity contribution in [2.45, 2.75) is 19.8 Å². The molecule has 1 saturated carbocycles. The van der Waals surface area contributed by atoms with Crippen molar-refractivity contribution in [2.75, 3.05) is 26.1 Å². The van der Waals surface area contributed by atoms with Gasteiger partial charge in [0.15, 0.2) is 0 Å². The molecule has 0 radical (unpaired) electrons. The summed E-state index contributed by atoms with van der Waals surface area (Å²) < 4.78 is 10.4. The number of rotatable bonds is 7. The summed E-state index contributed by atoms with van der Waals surface area (Å²) in [6, 6.07) is 3.18. The van der Waals surface area contributed by atoms with E-state index in [4.69, 9.17) is 21.1 Å². The number of benzene rings is 1. The van der Waals surface area contributed by atoms with Crippen molar-refractivity contribution >= 4 is 29.1 Å². The van der Waals surface area contributed by atoms with Crippen LogP contribution >= 0.6 is 11.6 Å². The number of carbonyl (C=O) groups excluding carboxylic acids is 2. The van der Waals surface area contributed by atoms with Crippen molar-refractivity contribution in [1.82, 2.24) is 5.32 Å². The van der Waals surface area contributed by atoms with E-state index in [-0.39, 0.29) is 23.7 Å². The molecule has 0 aliphatic heterocycles. The molecule has 0 aromatic heterocycles. The Bertz CT molecular complexity index is 606. The molecule has 2 rings (SSSR count). The van der Waals surface area contributed by atoms with Crippen LogP contribution in [0, 0.1) is 11.8 Å². The van der Waals surface area contributed by atoms with E-state index in [1.165, 1.54) is 14.2 Å². The van der Waals surface area contributed by atoms with Crippen molar-refractivity contribution < 1.29 is 19.1 Å². The molecule has 0 spiro atoms. The number of methoxy groups -OCH3 is 2. The van der Waals surface area contributed by atoms with Crippen LogP contribution in [0.15, 0.2) is 12.1 Å². The first-order valence-electron chi connectivity index (χ1n) is 7.51. The Balaban J connectivity index is 2.03. The van der Waals surface area contributed by atoms with Crippen LogP contribution in [0.1, 0.15) is 19.8 Å². The Morgan fingerprint density at radius 3 is 2.43 bits per heavy atom. The third-order valence-electron chi connectivity index (χ3n) is 3.75. The van der Waals surface area contributed by atoms with E-state index in [0.717, 1.165) is 6.42 Å². The maximum absolute atomic E-state index is 12.3. The average Bonchev–Trinajstić information content (AvgIpc) is 3.34. The Morgan fingerprint density at radius 1 is 1.17 bits per heavy atom. The van der Waals surface area contributed by atoms with Gasteiger partial charge in [-0.05, 0) is 12.8 Å². The lowest BCUT2D eigenvalue weighted by Crippen LogP contribution is -2.28. The fourth-order valence-corrected chi connectivity index (χ4v) is 2.57. The van der Waals surface area contributed by atoms with Gasteiger partial charge in [0.05, 0.1) is 36.8 Å². The molecule has 2 N–H and O–H groups in total. The van der Waals surface area contributed by atoms with Gasteiger partial charge in [-0.3, -0.25) is 9.59 Å². The van der Waals surface area contributed by atoms with Crippen molar-refractivity contribution in [1.29, 1.82) is 0 Å². The highest BCUT2D eigenvalue weighted by Gasteiger charge is 2.48. The van der Waals surface area contributed by atoms with Crippen molar-refractivity contribution in [3.05, 3.63) is 17.2 Å². The van der Waals surface area contributed by atoms with Crippen LogP contribution in [0.5, 0.6) is 11.5 Å². The second-order valence-corrected chi connectivity index (χ2v) is 5.82. The quantitative estimate of drug-likeness (QED) is 0.799. The molecule has 1 aromatic rings. The van der Waals surface area contributed by atoms with Gasteiger partial charge in [0.1, 0.15) is 11.5 Å². The lowest BCUT2D eigenvalue weighted by Gasteiger charge is -2.13. The number of amides is 2. The Labute approximate surface area is 140 Å². The molecule has 1 aliphatic rings. The number of ether oxygens (including phenoxy) is 2. The first-order chi connectivity index (χ1) is 11.0. The SMILES string of the molecule is CCCNC(=O)C1CC1C(=O)Nc1cc(OC)c(Cl)cc1OC. The Kier molecular flexibility index (Phi) is 5.71. The summed E-state index contributed by atoms with van der Waals surface area (Å²) in [5.74, 6) is 0.0598. The minimum absolute atomic E-state index is 0.0624. The number of hydrogen-bond acceptors (Lipinski definition) is 4. The van der Waals surface area contributed by atoms with Crippen LogP contribution in [0.2, 0.25) is 5.02 Å². The van der Waals surface area contributed by atoms with Gasteiger partial charge in [-0.15, -0.1) is 0 Å². The van der Waals surface area contributed by atoms with E-state index in [9.17, 15) is 9.59 Å². The van der Waals surface area contributed by atoms with Crippen molar-refractivity contribution in [3.8, 4) is 11.5 Å². The molecular weight excluding hydrogens is 320 g/mol. The fraction of sp³-hybridized carbons (Fsp3) is 0.500. The summed E-state index contributed by atoms with van der Waals surface area (Å²) in [4.78, 5) is 24.1. The predicted octanol–water partition coefficient (Wildman–Crippen LogP) is 2.46. The summed E-state index contributed by atoms with van der Waals surface area (Å²) in [6.07, 6.45) is 1.44. The zero-order valence-corrected chi connectivity index (χ0v) is 14.2. The second kappa shape index (κ2) is 7.55. The van der Waals surface area contributed by atoms with Crippen LogP contribution < -0.4 is 20.1 Å². The van der Waals surface area contributed by atoms with Gasteiger partial charge in [0.2, 0.25) is 11.8 Å². The molecule has 0 bridgehead atoms. The highest BCUT2D eigenvalue weighted by molar-refractivity contribution is 6.32. The molecule has 0 heterocycles. The number of anilines is 1. The number of carbonyl (C=O) groups is 2. The molecule has 0 saturated heterocycles. The van der Waals surface area contributed by atoms with E-state index in [0.29, 0.717) is 35.2 Å². The lowest BCUT2D eigenvalue weighted by molar-refractivity contribution is -0.125. The summed E-state index contributed by atoms with van der Waals surface area (Å²) in [5.41, 5.74) is 0.471. The van der Waals surface area contributed by atoms with Gasteiger partial charge in [0, 0.05) is 18.7 Å². The van der Waals surface area contributed by atoms with Crippen molar-refractivity contribution in [3.63, 3.8) is 0 Å². The van der Waals surface area contributed by atoms with E-state index < -0.39 is 0 Å². The maximum atomic E-state index is 12.3. The molecule has 1 fully saturated rings. The molecular formula is C16H21ClN2O4. The Hall–Kier alpha value is -1.95. The first kappa shape index (κ1) is 17.4. The third kappa shape index (κ3) is 4.07. The standard InChI is InChI=1S/C16H21ClN2O4/c1-4-5-18-15(20)9-6-10(9)16(21)19-12-8-13(22-2)11(17)7-14(12)23-3/h7-10H,4-6H2,1-3H3,(H,18,20)(H,19,21). The van der Waals surface area contributed by atoms with Gasteiger partial charge in [-0.2, -0.15) is 0 Å². The van der Waals surface area contributed by atoms with Crippen LogP contribution in [-0.4, -0.2) is 32.6 Å². The van der Waals surface area contributed by atoms with Gasteiger partial charge in [0.25, 0.3) is 0 Å². The monoisotopic (exact) mass is 340 g/mol. The molecule has 2 atom stereocenters. The number of hydrogen-bond donors (Lipinski definition) is 2. The van der Waals surface area contributed by atoms with E-state index in [2.05, 4.69) is 10.6 Å². The molecule has 1 aliphatic carbocycles. The van der Waals surface area contributed by atoms with Gasteiger partial charge >= 0.3 is 0 Å². The van der Waals surface area contributed by atoms with E-state index in [1.807, 2.05) is 6.92 Å². The van der Waals surface area contributed by atoms with Gasteiger partial charge in [-0.1, -0.05) is 18.5 Å². The summed E-state index contributed by atoms with van der Waals surface area (Å²) in [6.45, 7) is 2.61. The van der Waals surface area contributed by atoms with Gasteiger partial charge in [-0.25, -0.2) is 0 Å². The third-order valence-corrected chi connectivity index (χ3v) is 4.04. The molecule has 2 unspecified atom stereocenters. The topological polar surface area (TPSA) is 76.7 Å². The smallest absolute Gasteiger partial charge is 0.228 e. The number of nitrogens with one attached hydrogen (secondary N) is 2. The predicted molar refractivity (Wildman–Crippen MR) is 88.1 cm³/mol. The second-order valence-electron chi connectivity index (χ2n) is 5.42. The van der Waals surface area contributed by atoms with E-state index in [1.54, 1.807) is 12.1 Å². The summed E-state index contributed by atoms with van der Waals surface area (Å²) >= 11 is 6.03. The van der Waals surface area contributed by atoms with Crippen LogP contribution in [0.25, 0.3) is 0 Å². The van der Waals surface area contributed by atoms with Crippen LogP contribution in [0.3, 0.4) is 0 Å². The average molecular weight is 341 g/mol. The first-order valence-corrected chi connectivity index (χ1v) is 7.89. The highest BCUT2D eigenvalue weighted by atomic mass is 35.5. The zero-order valence-electron chi connectivity index (χ0n) is 13.4. The normalized spacial score (nSPS) is 19.0. The van der Waals surface area contributed by atoms with Crippen molar-refractivity contribution in [2.24, 2.45) is 11.8 Å². The molecule has 2 amide bonds. The minimum Gasteiger partial charge on any atom is -0.495 e. The highest BCUT2D eigenvalue weighted by Crippen LogP contribution is 2.41. The zero-order chi connectivity index (χ0) is 17.0. The van der Waals surface area contributed by atoms with Gasteiger partial charge < -0.3 is 20.1 Å². The van der Waals surface area contributed by atoms with Crippen LogP contribution in [-0.2, 0) is 9.59 Å². The lowest BCUT2D eigenvalue weighted by atomic mass is 10.2. The van der Waals surface area contributed by atoms with Crippen LogP contribution in [0.4, 0.5) is 5.69 Å². The molecule has 7 heteroatoms. The molecule has 1 aromatic carbocycles.